The first-order chi connectivity index (χ1) is 11.1. The average molecular weight is 314 g/mol. The highest BCUT2D eigenvalue weighted by Crippen LogP contribution is 2.23. The van der Waals surface area contributed by atoms with Crippen LogP contribution >= 0.6 is 0 Å². The smallest absolute Gasteiger partial charge is 0.373 e. The van der Waals surface area contributed by atoms with Crippen LogP contribution in [0.15, 0.2) is 50.0 Å². The van der Waals surface area contributed by atoms with Crippen LogP contribution in [0, 0.1) is 6.92 Å². The van der Waals surface area contributed by atoms with E-state index in [-0.39, 0.29) is 12.4 Å². The van der Waals surface area contributed by atoms with Crippen LogP contribution in [-0.4, -0.2) is 13.1 Å². The van der Waals surface area contributed by atoms with Gasteiger partial charge in [-0.2, -0.15) is 0 Å². The molecule has 0 saturated heterocycles. The van der Waals surface area contributed by atoms with Gasteiger partial charge < -0.3 is 18.3 Å². The molecule has 2 heterocycles. The van der Waals surface area contributed by atoms with Gasteiger partial charge in [-0.1, -0.05) is 0 Å². The molecule has 2 aromatic heterocycles. The highest BCUT2D eigenvalue weighted by molar-refractivity contribution is 5.86. The summed E-state index contributed by atoms with van der Waals surface area (Å²) in [6.07, 6.45) is 0. The summed E-state index contributed by atoms with van der Waals surface area (Å²) >= 11 is 0. The van der Waals surface area contributed by atoms with Gasteiger partial charge in [0.1, 0.15) is 23.7 Å². The summed E-state index contributed by atoms with van der Waals surface area (Å²) in [7, 11) is 1.28. The Hall–Kier alpha value is -3.02. The minimum absolute atomic E-state index is 0.117. The van der Waals surface area contributed by atoms with Crippen LogP contribution in [-0.2, 0) is 11.3 Å². The fraction of sp³-hybridized carbons (Fsp3) is 0.176. The third kappa shape index (κ3) is 3.11. The van der Waals surface area contributed by atoms with Gasteiger partial charge in [-0.15, -0.1) is 0 Å². The van der Waals surface area contributed by atoms with Crippen LogP contribution in [0.25, 0.3) is 11.0 Å². The van der Waals surface area contributed by atoms with Crippen LogP contribution in [0.3, 0.4) is 0 Å². The van der Waals surface area contributed by atoms with Crippen molar-refractivity contribution in [3.8, 4) is 5.75 Å². The molecule has 0 aliphatic carbocycles. The Kier molecular flexibility index (Phi) is 3.89. The molecule has 3 aromatic rings. The van der Waals surface area contributed by atoms with Gasteiger partial charge in [-0.3, -0.25) is 0 Å². The number of hydrogen-bond acceptors (Lipinski definition) is 6. The number of carbonyl (C=O) groups excluding carboxylic acids is 1. The average Bonchev–Trinajstić information content (AvgIpc) is 3.00. The molecule has 0 bridgehead atoms. The van der Waals surface area contributed by atoms with Crippen molar-refractivity contribution in [2.45, 2.75) is 13.5 Å². The molecule has 1 aromatic carbocycles. The number of fused-ring (bicyclic) bond motifs is 1. The summed E-state index contributed by atoms with van der Waals surface area (Å²) in [5.74, 6) is 0.587. The Balaban J connectivity index is 1.78. The predicted molar refractivity (Wildman–Crippen MR) is 81.6 cm³/mol. The monoisotopic (exact) mass is 314 g/mol. The van der Waals surface area contributed by atoms with Gasteiger partial charge in [0, 0.05) is 17.5 Å². The van der Waals surface area contributed by atoms with Crippen molar-refractivity contribution in [3.63, 3.8) is 0 Å². The fourth-order valence-corrected chi connectivity index (χ4v) is 2.22. The summed E-state index contributed by atoms with van der Waals surface area (Å²) in [5, 5.41) is 0.850. The molecular formula is C17H14O6. The fourth-order valence-electron chi connectivity index (χ4n) is 2.22. The van der Waals surface area contributed by atoms with E-state index in [2.05, 4.69) is 4.74 Å². The molecule has 0 saturated carbocycles. The van der Waals surface area contributed by atoms with E-state index in [0.29, 0.717) is 17.1 Å². The van der Waals surface area contributed by atoms with Crippen LogP contribution in [0.2, 0.25) is 0 Å². The molecule has 0 amide bonds. The summed E-state index contributed by atoms with van der Waals surface area (Å²) in [5.41, 5.74) is 0.902. The maximum Gasteiger partial charge on any atom is 0.373 e. The molecule has 6 heteroatoms. The second-order valence-corrected chi connectivity index (χ2v) is 4.95. The molecule has 0 aliphatic rings. The zero-order chi connectivity index (χ0) is 16.4. The quantitative estimate of drug-likeness (QED) is 0.544. The second-order valence-electron chi connectivity index (χ2n) is 4.95. The SMILES string of the molecule is COC(=O)c1ccc(COc2ccc3c(C)cc(=O)oc3c2)o1. The molecule has 23 heavy (non-hydrogen) atoms. The van der Waals surface area contributed by atoms with Crippen molar-refractivity contribution in [1.29, 1.82) is 0 Å². The van der Waals surface area contributed by atoms with Crippen LogP contribution in [0.5, 0.6) is 5.75 Å². The van der Waals surface area contributed by atoms with Crippen molar-refractivity contribution >= 4 is 16.9 Å². The molecule has 6 nitrogen and oxygen atoms in total. The Bertz CT molecular complexity index is 918. The van der Waals surface area contributed by atoms with Crippen LogP contribution in [0.1, 0.15) is 21.9 Å². The van der Waals surface area contributed by atoms with Gasteiger partial charge in [0.2, 0.25) is 5.76 Å². The van der Waals surface area contributed by atoms with Crippen molar-refractivity contribution in [2.75, 3.05) is 7.11 Å². The number of ether oxygens (including phenoxy) is 2. The predicted octanol–water partition coefficient (Wildman–Crippen LogP) is 3.06. The Morgan fingerprint density at radius 2 is 1.96 bits per heavy atom. The Labute approximate surface area is 131 Å². The number of furan rings is 1. The molecule has 0 N–H and O–H groups in total. The summed E-state index contributed by atoms with van der Waals surface area (Å²) < 4.78 is 20.6. The zero-order valence-electron chi connectivity index (χ0n) is 12.6. The molecule has 0 spiro atoms. The highest BCUT2D eigenvalue weighted by atomic mass is 16.5. The summed E-state index contributed by atoms with van der Waals surface area (Å²) in [6, 6.07) is 9.85. The van der Waals surface area contributed by atoms with Gasteiger partial charge in [0.15, 0.2) is 0 Å². The largest absolute Gasteiger partial charge is 0.486 e. The standard InChI is InChI=1S/C17H14O6/c1-10-7-16(18)23-15-8-11(3-5-13(10)15)21-9-12-4-6-14(22-12)17(19)20-2/h3-8H,9H2,1-2H3. The number of aryl methyl sites for hydroxylation is 1. The Morgan fingerprint density at radius 3 is 2.74 bits per heavy atom. The summed E-state index contributed by atoms with van der Waals surface area (Å²) in [6.45, 7) is 1.98. The minimum atomic E-state index is -0.542. The maximum atomic E-state index is 11.4. The van der Waals surface area contributed by atoms with E-state index in [4.69, 9.17) is 13.6 Å². The first-order valence-electron chi connectivity index (χ1n) is 6.91. The first kappa shape index (κ1) is 14.9. The lowest BCUT2D eigenvalue weighted by Crippen LogP contribution is -1.99. The third-order valence-corrected chi connectivity index (χ3v) is 3.35. The molecule has 118 valence electrons. The van der Waals surface area contributed by atoms with E-state index in [1.807, 2.05) is 13.0 Å². The van der Waals surface area contributed by atoms with Crippen molar-refractivity contribution in [1.82, 2.24) is 0 Å². The normalized spacial score (nSPS) is 10.7. The second kappa shape index (κ2) is 6.00. The van der Waals surface area contributed by atoms with Gasteiger partial charge in [0.25, 0.3) is 0 Å². The number of hydrogen-bond donors (Lipinski definition) is 0. The van der Waals surface area contributed by atoms with Crippen molar-refractivity contribution in [2.24, 2.45) is 0 Å². The van der Waals surface area contributed by atoms with Crippen molar-refractivity contribution < 1.29 is 23.1 Å². The molecule has 0 fully saturated rings. The van der Waals surface area contributed by atoms with Gasteiger partial charge in [0.05, 0.1) is 7.11 Å². The van der Waals surface area contributed by atoms with E-state index in [9.17, 15) is 9.59 Å². The van der Waals surface area contributed by atoms with E-state index in [1.165, 1.54) is 19.2 Å². The molecule has 0 radical (unpaired) electrons. The van der Waals surface area contributed by atoms with Gasteiger partial charge in [-0.05, 0) is 36.8 Å². The molecule has 0 aliphatic heterocycles. The molecule has 3 rings (SSSR count). The summed E-state index contributed by atoms with van der Waals surface area (Å²) in [4.78, 5) is 22.7. The lowest BCUT2D eigenvalue weighted by Gasteiger charge is -2.06. The highest BCUT2D eigenvalue weighted by Gasteiger charge is 2.11. The molecular weight excluding hydrogens is 300 g/mol. The number of methoxy groups -OCH3 is 1. The van der Waals surface area contributed by atoms with E-state index < -0.39 is 11.6 Å². The third-order valence-electron chi connectivity index (χ3n) is 3.35. The lowest BCUT2D eigenvalue weighted by atomic mass is 10.1. The van der Waals surface area contributed by atoms with Crippen molar-refractivity contribution in [3.05, 3.63) is 63.9 Å². The maximum absolute atomic E-state index is 11.4. The number of rotatable bonds is 4. The lowest BCUT2D eigenvalue weighted by molar-refractivity contribution is 0.0561. The topological polar surface area (TPSA) is 78.9 Å². The number of benzene rings is 1. The molecule has 0 atom stereocenters. The van der Waals surface area contributed by atoms with Crippen LogP contribution < -0.4 is 10.4 Å². The first-order valence-corrected chi connectivity index (χ1v) is 6.91. The van der Waals surface area contributed by atoms with E-state index in [0.717, 1.165) is 10.9 Å². The van der Waals surface area contributed by atoms with E-state index in [1.54, 1.807) is 18.2 Å². The van der Waals surface area contributed by atoms with Gasteiger partial charge in [-0.25, -0.2) is 9.59 Å². The molecule has 0 unspecified atom stereocenters. The minimum Gasteiger partial charge on any atom is -0.486 e. The zero-order valence-corrected chi connectivity index (χ0v) is 12.6. The van der Waals surface area contributed by atoms with Crippen LogP contribution in [0.4, 0.5) is 0 Å². The number of esters is 1. The number of carbonyl (C=O) groups is 1. The van der Waals surface area contributed by atoms with E-state index >= 15 is 0 Å². The Morgan fingerprint density at radius 1 is 1.13 bits per heavy atom. The van der Waals surface area contributed by atoms with Gasteiger partial charge >= 0.3 is 11.6 Å².